The predicted molar refractivity (Wildman–Crippen MR) is 67.5 cm³/mol. The van der Waals surface area contributed by atoms with Gasteiger partial charge in [-0.25, -0.2) is 0 Å². The molecular formula is C12H24N4. The summed E-state index contributed by atoms with van der Waals surface area (Å²) in [6.07, 6.45) is 6.37. The number of hydrogen-bond donors (Lipinski definition) is 1. The number of rotatable bonds is 4. The second-order valence-corrected chi connectivity index (χ2v) is 5.49. The summed E-state index contributed by atoms with van der Waals surface area (Å²) in [6.45, 7) is 0.850. The second kappa shape index (κ2) is 4.24. The number of likely N-dealkylation sites (N-methyl/N-ethyl adjacent to an activating group) is 1. The van der Waals surface area contributed by atoms with Gasteiger partial charge in [-0.3, -0.25) is 4.99 Å². The van der Waals surface area contributed by atoms with Gasteiger partial charge in [-0.15, -0.1) is 0 Å². The molecule has 0 radical (unpaired) electrons. The molecule has 0 aromatic rings. The van der Waals surface area contributed by atoms with E-state index in [1.54, 1.807) is 0 Å². The third kappa shape index (κ3) is 2.17. The van der Waals surface area contributed by atoms with Crippen LogP contribution in [0.5, 0.6) is 0 Å². The summed E-state index contributed by atoms with van der Waals surface area (Å²) in [4.78, 5) is 9.02. The van der Waals surface area contributed by atoms with Crippen LogP contribution in [0.15, 0.2) is 4.99 Å². The van der Waals surface area contributed by atoms with Crippen LogP contribution in [0.1, 0.15) is 32.1 Å². The van der Waals surface area contributed by atoms with Gasteiger partial charge in [-0.1, -0.05) is 0 Å². The summed E-state index contributed by atoms with van der Waals surface area (Å²) in [5, 5.41) is 0. The van der Waals surface area contributed by atoms with Gasteiger partial charge in [-0.05, 0) is 46.2 Å². The lowest BCUT2D eigenvalue weighted by molar-refractivity contribution is 0.0697. The van der Waals surface area contributed by atoms with Crippen molar-refractivity contribution in [2.24, 2.45) is 10.7 Å². The summed E-state index contributed by atoms with van der Waals surface area (Å²) in [5.74, 6) is 0.718. The van der Waals surface area contributed by atoms with E-state index in [2.05, 4.69) is 35.9 Å². The molecule has 2 saturated carbocycles. The van der Waals surface area contributed by atoms with Gasteiger partial charge in [0, 0.05) is 18.6 Å². The average molecular weight is 224 g/mol. The fourth-order valence-electron chi connectivity index (χ4n) is 2.32. The summed E-state index contributed by atoms with van der Waals surface area (Å²) in [5.41, 5.74) is 6.29. The first kappa shape index (κ1) is 11.7. The van der Waals surface area contributed by atoms with Crippen LogP contribution in [0, 0.1) is 0 Å². The third-order valence-corrected chi connectivity index (χ3v) is 4.22. The summed E-state index contributed by atoms with van der Waals surface area (Å²) < 4.78 is 0. The Labute approximate surface area is 98.5 Å². The highest BCUT2D eigenvalue weighted by Gasteiger charge is 2.39. The highest BCUT2D eigenvalue weighted by atomic mass is 15.3. The van der Waals surface area contributed by atoms with Crippen molar-refractivity contribution in [3.63, 3.8) is 0 Å². The van der Waals surface area contributed by atoms with E-state index in [-0.39, 0.29) is 5.54 Å². The van der Waals surface area contributed by atoms with Gasteiger partial charge in [-0.2, -0.15) is 0 Å². The third-order valence-electron chi connectivity index (χ3n) is 4.22. The van der Waals surface area contributed by atoms with Crippen LogP contribution in [0.3, 0.4) is 0 Å². The monoisotopic (exact) mass is 224 g/mol. The molecule has 0 spiro atoms. The van der Waals surface area contributed by atoms with Crippen molar-refractivity contribution in [1.29, 1.82) is 0 Å². The molecule has 0 aromatic heterocycles. The van der Waals surface area contributed by atoms with E-state index in [1.165, 1.54) is 32.1 Å². The molecule has 2 rings (SSSR count). The molecule has 0 atom stereocenters. The molecular weight excluding hydrogens is 200 g/mol. The molecule has 92 valence electrons. The highest BCUT2D eigenvalue weighted by molar-refractivity contribution is 5.78. The molecule has 0 aliphatic heterocycles. The van der Waals surface area contributed by atoms with Crippen LogP contribution < -0.4 is 5.73 Å². The first-order valence-electron chi connectivity index (χ1n) is 6.25. The minimum Gasteiger partial charge on any atom is -0.370 e. The summed E-state index contributed by atoms with van der Waals surface area (Å²) >= 11 is 0. The fourth-order valence-corrected chi connectivity index (χ4v) is 2.32. The van der Waals surface area contributed by atoms with E-state index in [4.69, 9.17) is 5.73 Å². The minimum atomic E-state index is 0.287. The normalized spacial score (nSPS) is 24.4. The van der Waals surface area contributed by atoms with E-state index in [1.807, 2.05) is 0 Å². The molecule has 0 bridgehead atoms. The molecule has 2 aliphatic rings. The Hall–Kier alpha value is -0.770. The number of guanidine groups is 1. The lowest BCUT2D eigenvalue weighted by atomic mass is 9.76. The van der Waals surface area contributed by atoms with Gasteiger partial charge < -0.3 is 15.5 Å². The zero-order chi connectivity index (χ0) is 11.8. The molecule has 2 N–H and O–H groups in total. The van der Waals surface area contributed by atoms with E-state index in [9.17, 15) is 0 Å². The smallest absolute Gasteiger partial charge is 0.191 e. The summed E-state index contributed by atoms with van der Waals surface area (Å²) in [6, 6.07) is 0.653. The van der Waals surface area contributed by atoms with Gasteiger partial charge in [0.15, 0.2) is 5.96 Å². The van der Waals surface area contributed by atoms with Gasteiger partial charge in [0.1, 0.15) is 0 Å². The molecule has 16 heavy (non-hydrogen) atoms. The Bertz CT molecular complexity index is 277. The Morgan fingerprint density at radius 3 is 2.31 bits per heavy atom. The van der Waals surface area contributed by atoms with Gasteiger partial charge in [0.05, 0.1) is 6.54 Å². The standard InChI is InChI=1S/C12H24N4/c1-15(2)12(7-4-8-12)9-14-11(13)16(3)10-5-6-10/h10H,4-9H2,1-3H3,(H2,13,14). The van der Waals surface area contributed by atoms with Gasteiger partial charge in [0.2, 0.25) is 0 Å². The highest BCUT2D eigenvalue weighted by Crippen LogP contribution is 2.36. The maximum absolute atomic E-state index is 6.00. The topological polar surface area (TPSA) is 44.9 Å². The van der Waals surface area contributed by atoms with Crippen molar-refractivity contribution >= 4 is 5.96 Å². The molecule has 4 heteroatoms. The Kier molecular flexibility index (Phi) is 3.10. The largest absolute Gasteiger partial charge is 0.370 e. The van der Waals surface area contributed by atoms with E-state index < -0.39 is 0 Å². The van der Waals surface area contributed by atoms with Crippen molar-refractivity contribution in [2.45, 2.75) is 43.7 Å². The maximum atomic E-state index is 6.00. The number of hydrogen-bond acceptors (Lipinski definition) is 2. The van der Waals surface area contributed by atoms with Crippen molar-refractivity contribution in [2.75, 3.05) is 27.7 Å². The number of aliphatic imine (C=N–C) groups is 1. The van der Waals surface area contributed by atoms with Crippen molar-refractivity contribution < 1.29 is 0 Å². The Morgan fingerprint density at radius 1 is 1.31 bits per heavy atom. The number of nitrogens with two attached hydrogens (primary N) is 1. The molecule has 2 aliphatic carbocycles. The van der Waals surface area contributed by atoms with Gasteiger partial charge >= 0.3 is 0 Å². The van der Waals surface area contributed by atoms with E-state index in [0.29, 0.717) is 6.04 Å². The first-order valence-corrected chi connectivity index (χ1v) is 6.25. The molecule has 0 unspecified atom stereocenters. The minimum absolute atomic E-state index is 0.287. The van der Waals surface area contributed by atoms with Crippen LogP contribution in [-0.2, 0) is 0 Å². The lowest BCUT2D eigenvalue weighted by Crippen LogP contribution is -2.53. The van der Waals surface area contributed by atoms with Crippen molar-refractivity contribution in [3.8, 4) is 0 Å². The van der Waals surface area contributed by atoms with Crippen molar-refractivity contribution in [3.05, 3.63) is 0 Å². The average Bonchev–Trinajstić information content (AvgIpc) is 2.97. The van der Waals surface area contributed by atoms with E-state index in [0.717, 1.165) is 12.5 Å². The number of nitrogens with zero attached hydrogens (tertiary/aromatic N) is 3. The lowest BCUT2D eigenvalue weighted by Gasteiger charge is -2.46. The van der Waals surface area contributed by atoms with Crippen LogP contribution in [0.2, 0.25) is 0 Å². The van der Waals surface area contributed by atoms with E-state index >= 15 is 0 Å². The quantitative estimate of drug-likeness (QED) is 0.569. The zero-order valence-electron chi connectivity index (χ0n) is 10.7. The molecule has 0 amide bonds. The maximum Gasteiger partial charge on any atom is 0.191 e. The van der Waals surface area contributed by atoms with Gasteiger partial charge in [0.25, 0.3) is 0 Å². The van der Waals surface area contributed by atoms with Crippen molar-refractivity contribution in [1.82, 2.24) is 9.80 Å². The molecule has 2 fully saturated rings. The second-order valence-electron chi connectivity index (χ2n) is 5.49. The molecule has 4 nitrogen and oxygen atoms in total. The first-order chi connectivity index (χ1) is 7.55. The summed E-state index contributed by atoms with van der Waals surface area (Å²) in [7, 11) is 6.35. The van der Waals surface area contributed by atoms with Crippen LogP contribution >= 0.6 is 0 Å². The van der Waals surface area contributed by atoms with Crippen LogP contribution in [0.4, 0.5) is 0 Å². The Morgan fingerprint density at radius 2 is 1.94 bits per heavy atom. The predicted octanol–water partition coefficient (Wildman–Crippen LogP) is 0.880. The van der Waals surface area contributed by atoms with Crippen LogP contribution in [-0.4, -0.2) is 55.0 Å². The van der Waals surface area contributed by atoms with Crippen LogP contribution in [0.25, 0.3) is 0 Å². The molecule has 0 saturated heterocycles. The molecule has 0 heterocycles. The molecule has 0 aromatic carbocycles. The zero-order valence-corrected chi connectivity index (χ0v) is 10.7. The Balaban J connectivity index is 1.91. The SMILES string of the molecule is CN(C(N)=NCC1(N(C)C)CCC1)C1CC1. The fraction of sp³-hybridized carbons (Fsp3) is 0.917.